The number of rotatable bonds is 6. The third-order valence-corrected chi connectivity index (χ3v) is 4.56. The van der Waals surface area contributed by atoms with Gasteiger partial charge >= 0.3 is 6.03 Å². The topological polar surface area (TPSA) is 115 Å². The summed E-state index contributed by atoms with van der Waals surface area (Å²) in [6.07, 6.45) is 3.16. The van der Waals surface area contributed by atoms with Gasteiger partial charge in [0.05, 0.1) is 16.9 Å². The lowest BCUT2D eigenvalue weighted by molar-refractivity contribution is 0.259. The molecule has 2 amide bonds. The maximum absolute atomic E-state index is 15.0. The Hall–Kier alpha value is -4.53. The fraction of sp³-hybridized carbons (Fsp3) is 0.0435. The van der Waals surface area contributed by atoms with Gasteiger partial charge in [0.1, 0.15) is 0 Å². The highest BCUT2D eigenvalue weighted by atomic mass is 19.1. The Morgan fingerprint density at radius 3 is 2.59 bits per heavy atom. The minimum atomic E-state index is -0.702. The van der Waals surface area contributed by atoms with Gasteiger partial charge in [0.15, 0.2) is 11.6 Å². The van der Waals surface area contributed by atoms with Crippen LogP contribution in [0.3, 0.4) is 0 Å². The zero-order valence-electron chi connectivity index (χ0n) is 17.0. The number of halogens is 1. The summed E-state index contributed by atoms with van der Waals surface area (Å²) in [5.41, 5.74) is 8.04. The molecule has 32 heavy (non-hydrogen) atoms. The number of nitrogens with two attached hydrogens (primary N) is 1. The van der Waals surface area contributed by atoms with E-state index in [1.807, 2.05) is 0 Å². The smallest absolute Gasteiger partial charge is 0.316 e. The summed E-state index contributed by atoms with van der Waals surface area (Å²) in [6, 6.07) is 16.0. The molecular formula is C23H19FN6O2. The van der Waals surface area contributed by atoms with E-state index in [9.17, 15) is 9.18 Å². The Bertz CT molecular complexity index is 1280. The Labute approximate surface area is 183 Å². The van der Waals surface area contributed by atoms with Crippen molar-refractivity contribution >= 4 is 17.7 Å². The van der Waals surface area contributed by atoms with E-state index in [0.717, 1.165) is 0 Å². The van der Waals surface area contributed by atoms with E-state index in [1.54, 1.807) is 68.0 Å². The number of ether oxygens (including phenoxy) is 1. The molecule has 0 aliphatic carbocycles. The van der Waals surface area contributed by atoms with Crippen LogP contribution in [0.1, 0.15) is 0 Å². The Morgan fingerprint density at radius 2 is 1.81 bits per heavy atom. The summed E-state index contributed by atoms with van der Waals surface area (Å²) in [4.78, 5) is 24.0. The molecule has 0 aliphatic heterocycles. The number of hydrogen-bond donors (Lipinski definition) is 3. The summed E-state index contributed by atoms with van der Waals surface area (Å²) < 4.78 is 20.8. The van der Waals surface area contributed by atoms with Gasteiger partial charge in [-0.25, -0.2) is 24.1 Å². The first kappa shape index (κ1) is 20.7. The van der Waals surface area contributed by atoms with Gasteiger partial charge in [-0.1, -0.05) is 24.3 Å². The first-order valence-electron chi connectivity index (χ1n) is 9.64. The molecule has 8 nitrogen and oxygen atoms in total. The van der Waals surface area contributed by atoms with Gasteiger partial charge in [-0.2, -0.15) is 0 Å². The summed E-state index contributed by atoms with van der Waals surface area (Å²) in [6.45, 7) is 0. The number of primary amides is 1. The van der Waals surface area contributed by atoms with E-state index in [-0.39, 0.29) is 11.6 Å². The third-order valence-electron chi connectivity index (χ3n) is 4.56. The van der Waals surface area contributed by atoms with Gasteiger partial charge in [-0.3, -0.25) is 0 Å². The van der Waals surface area contributed by atoms with Gasteiger partial charge < -0.3 is 21.1 Å². The van der Waals surface area contributed by atoms with Crippen LogP contribution in [-0.4, -0.2) is 28.0 Å². The minimum absolute atomic E-state index is 0.00284. The fourth-order valence-corrected chi connectivity index (χ4v) is 3.13. The van der Waals surface area contributed by atoms with Crippen LogP contribution >= 0.6 is 0 Å². The van der Waals surface area contributed by atoms with Gasteiger partial charge in [0.25, 0.3) is 0 Å². The molecule has 0 fully saturated rings. The average Bonchev–Trinajstić information content (AvgIpc) is 2.81. The number of urea groups is 1. The molecule has 9 heteroatoms. The Balaban J connectivity index is 1.66. The molecule has 0 radical (unpaired) electrons. The molecule has 4 N–H and O–H groups in total. The fourth-order valence-electron chi connectivity index (χ4n) is 3.13. The average molecular weight is 430 g/mol. The molecule has 0 spiro atoms. The Morgan fingerprint density at radius 1 is 1.00 bits per heavy atom. The largest absolute Gasteiger partial charge is 0.435 e. The number of carbonyl (C=O) groups is 1. The maximum Gasteiger partial charge on any atom is 0.316 e. The van der Waals surface area contributed by atoms with Gasteiger partial charge in [-0.15, -0.1) is 0 Å². The lowest BCUT2D eigenvalue weighted by Gasteiger charge is -2.13. The summed E-state index contributed by atoms with van der Waals surface area (Å²) in [5, 5.41) is 5.41. The first-order chi connectivity index (χ1) is 15.5. The molecule has 2 heterocycles. The van der Waals surface area contributed by atoms with Crippen LogP contribution in [0.4, 0.5) is 20.8 Å². The molecule has 4 aromatic rings. The molecule has 160 valence electrons. The van der Waals surface area contributed by atoms with Crippen molar-refractivity contribution in [3.05, 3.63) is 78.9 Å². The first-order valence-corrected chi connectivity index (χ1v) is 9.64. The number of nitrogens with one attached hydrogen (secondary N) is 2. The molecule has 2 aromatic carbocycles. The van der Waals surface area contributed by atoms with Gasteiger partial charge in [0, 0.05) is 25.0 Å². The number of hydrogen-bond acceptors (Lipinski definition) is 6. The molecule has 0 aliphatic rings. The standard InChI is InChI=1S/C23H19FN6O2/c1-26-23-28-12-10-19(30-23)16-6-4-11-27-21(16)32-20-9-8-14(13-17(20)24)15-5-2-3-7-18(15)29-22(25)31/h2-13H,1H3,(H3,25,29,31)(H,26,28,30). The van der Waals surface area contributed by atoms with Crippen LogP contribution in [0.2, 0.25) is 0 Å². The number of pyridine rings is 1. The molecule has 0 unspecified atom stereocenters. The third kappa shape index (κ3) is 4.46. The molecule has 0 atom stereocenters. The second-order valence-corrected chi connectivity index (χ2v) is 6.65. The number of benzene rings is 2. The second-order valence-electron chi connectivity index (χ2n) is 6.65. The molecule has 0 saturated heterocycles. The van der Waals surface area contributed by atoms with E-state index >= 15 is 0 Å². The highest BCUT2D eigenvalue weighted by Gasteiger charge is 2.15. The van der Waals surface area contributed by atoms with Crippen molar-refractivity contribution in [2.75, 3.05) is 17.7 Å². The van der Waals surface area contributed by atoms with Crippen molar-refractivity contribution in [2.45, 2.75) is 0 Å². The zero-order chi connectivity index (χ0) is 22.5. The summed E-state index contributed by atoms with van der Waals surface area (Å²) in [7, 11) is 1.72. The van der Waals surface area contributed by atoms with Crippen molar-refractivity contribution < 1.29 is 13.9 Å². The zero-order valence-corrected chi connectivity index (χ0v) is 17.0. The van der Waals surface area contributed by atoms with Crippen molar-refractivity contribution in [3.63, 3.8) is 0 Å². The highest BCUT2D eigenvalue weighted by molar-refractivity contribution is 5.93. The number of nitrogens with zero attached hydrogens (tertiary/aromatic N) is 3. The van der Waals surface area contributed by atoms with Crippen molar-refractivity contribution in [1.29, 1.82) is 0 Å². The number of aromatic nitrogens is 3. The van der Waals surface area contributed by atoms with E-state index in [1.165, 1.54) is 12.1 Å². The van der Waals surface area contributed by atoms with Crippen LogP contribution in [0.15, 0.2) is 73.1 Å². The van der Waals surface area contributed by atoms with Crippen LogP contribution in [-0.2, 0) is 0 Å². The van der Waals surface area contributed by atoms with Crippen molar-refractivity contribution in [3.8, 4) is 34.0 Å². The molecule has 4 rings (SSSR count). The lowest BCUT2D eigenvalue weighted by atomic mass is 10.0. The van der Waals surface area contributed by atoms with Crippen molar-refractivity contribution in [1.82, 2.24) is 15.0 Å². The van der Waals surface area contributed by atoms with Gasteiger partial charge in [-0.05, 0) is 42.0 Å². The molecular weight excluding hydrogens is 411 g/mol. The van der Waals surface area contributed by atoms with Crippen molar-refractivity contribution in [2.24, 2.45) is 5.73 Å². The van der Waals surface area contributed by atoms with Crippen LogP contribution in [0.5, 0.6) is 11.6 Å². The predicted molar refractivity (Wildman–Crippen MR) is 120 cm³/mol. The Kier molecular flexibility index (Phi) is 5.89. The molecule has 0 bridgehead atoms. The van der Waals surface area contributed by atoms with E-state index in [4.69, 9.17) is 10.5 Å². The number of carbonyl (C=O) groups excluding carboxylic acids is 1. The van der Waals surface area contributed by atoms with E-state index in [2.05, 4.69) is 25.6 Å². The highest BCUT2D eigenvalue weighted by Crippen LogP contribution is 2.35. The summed E-state index contributed by atoms with van der Waals surface area (Å²) in [5.74, 6) is 0.0512. The monoisotopic (exact) mass is 430 g/mol. The number of amides is 2. The normalized spacial score (nSPS) is 10.4. The van der Waals surface area contributed by atoms with Gasteiger partial charge in [0.2, 0.25) is 11.8 Å². The van der Waals surface area contributed by atoms with E-state index < -0.39 is 11.8 Å². The number of para-hydroxylation sites is 1. The molecule has 2 aromatic heterocycles. The predicted octanol–water partition coefficient (Wildman–Crippen LogP) is 4.67. The number of anilines is 2. The maximum atomic E-state index is 15.0. The minimum Gasteiger partial charge on any atom is -0.435 e. The lowest BCUT2D eigenvalue weighted by Crippen LogP contribution is -2.19. The molecule has 0 saturated carbocycles. The van der Waals surface area contributed by atoms with Crippen LogP contribution < -0.4 is 21.1 Å². The quantitative estimate of drug-likeness (QED) is 0.409. The van der Waals surface area contributed by atoms with Crippen LogP contribution in [0.25, 0.3) is 22.4 Å². The SMILES string of the molecule is CNc1nccc(-c2cccnc2Oc2ccc(-c3ccccc3NC(N)=O)cc2F)n1. The van der Waals surface area contributed by atoms with Crippen LogP contribution in [0, 0.1) is 5.82 Å². The summed E-state index contributed by atoms with van der Waals surface area (Å²) >= 11 is 0. The van der Waals surface area contributed by atoms with E-state index in [0.29, 0.717) is 34.0 Å². The second kappa shape index (κ2) is 9.09.